The monoisotopic (exact) mass is 370 g/mol. The normalized spacial score (nSPS) is 22.4. The van der Waals surface area contributed by atoms with Gasteiger partial charge in [-0.2, -0.15) is 0 Å². The molecule has 2 aromatic rings. The van der Waals surface area contributed by atoms with Gasteiger partial charge in [0.15, 0.2) is 5.54 Å². The van der Waals surface area contributed by atoms with E-state index >= 15 is 0 Å². The SMILES string of the molecule is C[C@]1(c2cccs2)NC(=O)N(Cc2csc(Br)c2)C1=O. The van der Waals surface area contributed by atoms with Crippen LogP contribution in [0.4, 0.5) is 4.79 Å². The van der Waals surface area contributed by atoms with Crippen molar-refractivity contribution >= 4 is 50.5 Å². The van der Waals surface area contributed by atoms with Crippen LogP contribution < -0.4 is 5.32 Å². The minimum Gasteiger partial charge on any atom is -0.319 e. The lowest BCUT2D eigenvalue weighted by molar-refractivity contribution is -0.131. The third kappa shape index (κ3) is 2.19. The van der Waals surface area contributed by atoms with Crippen molar-refractivity contribution in [3.05, 3.63) is 43.2 Å². The van der Waals surface area contributed by atoms with Gasteiger partial charge in [0.05, 0.1) is 10.3 Å². The number of halogens is 1. The number of nitrogens with zero attached hydrogens (tertiary/aromatic N) is 1. The van der Waals surface area contributed by atoms with Crippen LogP contribution in [0.25, 0.3) is 0 Å². The zero-order chi connectivity index (χ0) is 14.3. The number of hydrogen-bond donors (Lipinski definition) is 1. The summed E-state index contributed by atoms with van der Waals surface area (Å²) in [6.07, 6.45) is 0. The first-order valence-electron chi connectivity index (χ1n) is 5.92. The predicted molar refractivity (Wildman–Crippen MR) is 82.8 cm³/mol. The molecular formula is C13H11BrN2O2S2. The van der Waals surface area contributed by atoms with Crippen LogP contribution in [0.3, 0.4) is 0 Å². The van der Waals surface area contributed by atoms with Gasteiger partial charge >= 0.3 is 6.03 Å². The summed E-state index contributed by atoms with van der Waals surface area (Å²) in [5.74, 6) is -0.202. The third-order valence-corrected chi connectivity index (χ3v) is 5.90. The maximum atomic E-state index is 12.6. The van der Waals surface area contributed by atoms with Crippen molar-refractivity contribution in [1.29, 1.82) is 0 Å². The van der Waals surface area contributed by atoms with Gasteiger partial charge < -0.3 is 5.32 Å². The van der Waals surface area contributed by atoms with E-state index in [4.69, 9.17) is 0 Å². The van der Waals surface area contributed by atoms with Crippen LogP contribution in [0.5, 0.6) is 0 Å². The zero-order valence-electron chi connectivity index (χ0n) is 10.6. The van der Waals surface area contributed by atoms with Crippen LogP contribution >= 0.6 is 38.6 Å². The fourth-order valence-electron chi connectivity index (χ4n) is 2.18. The van der Waals surface area contributed by atoms with Crippen molar-refractivity contribution in [2.45, 2.75) is 19.0 Å². The Labute approximate surface area is 132 Å². The lowest BCUT2D eigenvalue weighted by Gasteiger charge is -2.19. The van der Waals surface area contributed by atoms with Crippen molar-refractivity contribution in [3.8, 4) is 0 Å². The first-order valence-corrected chi connectivity index (χ1v) is 8.47. The van der Waals surface area contributed by atoms with E-state index in [2.05, 4.69) is 21.2 Å². The molecule has 7 heteroatoms. The molecule has 0 unspecified atom stereocenters. The molecule has 3 heterocycles. The quantitative estimate of drug-likeness (QED) is 0.839. The second-order valence-electron chi connectivity index (χ2n) is 4.68. The summed E-state index contributed by atoms with van der Waals surface area (Å²) in [7, 11) is 0. The van der Waals surface area contributed by atoms with Crippen molar-refractivity contribution in [1.82, 2.24) is 10.2 Å². The number of carbonyl (C=O) groups is 2. The minimum atomic E-state index is -0.946. The molecule has 1 N–H and O–H groups in total. The van der Waals surface area contributed by atoms with Gasteiger partial charge in [-0.3, -0.25) is 9.69 Å². The van der Waals surface area contributed by atoms with Crippen molar-refractivity contribution in [2.75, 3.05) is 0 Å². The van der Waals surface area contributed by atoms with Crippen LogP contribution in [0.1, 0.15) is 17.4 Å². The Hall–Kier alpha value is -1.18. The summed E-state index contributed by atoms with van der Waals surface area (Å²) < 4.78 is 0.987. The van der Waals surface area contributed by atoms with Gasteiger partial charge in [-0.25, -0.2) is 4.79 Å². The Morgan fingerprint density at radius 1 is 1.40 bits per heavy atom. The Morgan fingerprint density at radius 3 is 2.80 bits per heavy atom. The highest BCUT2D eigenvalue weighted by molar-refractivity contribution is 9.11. The number of urea groups is 1. The Kier molecular flexibility index (Phi) is 3.43. The van der Waals surface area contributed by atoms with Gasteiger partial charge in [-0.15, -0.1) is 22.7 Å². The molecule has 2 aromatic heterocycles. The van der Waals surface area contributed by atoms with Gasteiger partial charge in [0.25, 0.3) is 5.91 Å². The molecule has 1 atom stereocenters. The molecule has 1 saturated heterocycles. The summed E-state index contributed by atoms with van der Waals surface area (Å²) in [4.78, 5) is 26.8. The molecule has 0 aromatic carbocycles. The van der Waals surface area contributed by atoms with E-state index in [0.717, 1.165) is 14.2 Å². The van der Waals surface area contributed by atoms with Crippen LogP contribution in [0, 0.1) is 0 Å². The molecule has 1 fully saturated rings. The summed E-state index contributed by atoms with van der Waals surface area (Å²) in [5, 5.41) is 6.64. The van der Waals surface area contributed by atoms with Crippen LogP contribution in [0.15, 0.2) is 32.7 Å². The van der Waals surface area contributed by atoms with Gasteiger partial charge in [0.2, 0.25) is 0 Å². The van der Waals surface area contributed by atoms with E-state index in [1.165, 1.54) is 27.6 Å². The molecule has 0 spiro atoms. The van der Waals surface area contributed by atoms with E-state index < -0.39 is 5.54 Å². The molecule has 0 radical (unpaired) electrons. The first-order chi connectivity index (χ1) is 9.50. The maximum Gasteiger partial charge on any atom is 0.325 e. The third-order valence-electron chi connectivity index (χ3n) is 3.25. The van der Waals surface area contributed by atoms with Crippen molar-refractivity contribution in [3.63, 3.8) is 0 Å². The molecular weight excluding hydrogens is 360 g/mol. The summed E-state index contributed by atoms with van der Waals surface area (Å²) in [5.41, 5.74) is -0.000740. The van der Waals surface area contributed by atoms with Gasteiger partial charge in [-0.05, 0) is 51.3 Å². The fraction of sp³-hybridized carbons (Fsp3) is 0.231. The van der Waals surface area contributed by atoms with Gasteiger partial charge in [0.1, 0.15) is 0 Å². The lowest BCUT2D eigenvalue weighted by atomic mass is 10.0. The van der Waals surface area contributed by atoms with E-state index in [9.17, 15) is 9.59 Å². The average molecular weight is 371 g/mol. The van der Waals surface area contributed by atoms with Crippen LogP contribution in [-0.2, 0) is 16.9 Å². The zero-order valence-corrected chi connectivity index (χ0v) is 13.8. The molecule has 1 aliphatic rings. The standard InChI is InChI=1S/C13H11BrN2O2S2/c1-13(9-3-2-4-19-9)11(17)16(12(18)15-13)6-8-5-10(14)20-7-8/h2-5,7H,6H2,1H3,(H,15,18)/t13-/m1/s1. The second kappa shape index (κ2) is 4.98. The van der Waals surface area contributed by atoms with E-state index in [1.807, 2.05) is 29.0 Å². The number of imide groups is 1. The largest absolute Gasteiger partial charge is 0.325 e. The molecule has 20 heavy (non-hydrogen) atoms. The Balaban J connectivity index is 1.87. The number of rotatable bonds is 3. The molecule has 0 saturated carbocycles. The molecule has 104 valence electrons. The lowest BCUT2D eigenvalue weighted by Crippen LogP contribution is -2.40. The first kappa shape index (κ1) is 13.8. The van der Waals surface area contributed by atoms with E-state index in [-0.39, 0.29) is 11.9 Å². The fourth-order valence-corrected chi connectivity index (χ4v) is 4.22. The second-order valence-corrected chi connectivity index (χ2v) is 7.92. The summed E-state index contributed by atoms with van der Waals surface area (Å²) >= 11 is 6.39. The smallest absolute Gasteiger partial charge is 0.319 e. The number of amides is 3. The highest BCUT2D eigenvalue weighted by Crippen LogP contribution is 2.33. The molecule has 4 nitrogen and oxygen atoms in total. The van der Waals surface area contributed by atoms with Gasteiger partial charge in [-0.1, -0.05) is 6.07 Å². The van der Waals surface area contributed by atoms with Crippen LogP contribution in [0.2, 0.25) is 0 Å². The molecule has 1 aliphatic heterocycles. The highest BCUT2D eigenvalue weighted by Gasteiger charge is 2.49. The average Bonchev–Trinajstić information content (AvgIpc) is 3.09. The molecule has 0 bridgehead atoms. The van der Waals surface area contributed by atoms with Crippen molar-refractivity contribution in [2.24, 2.45) is 0 Å². The molecule has 0 aliphatic carbocycles. The molecule has 3 amide bonds. The van der Waals surface area contributed by atoms with Gasteiger partial charge in [0, 0.05) is 4.88 Å². The van der Waals surface area contributed by atoms with Crippen LogP contribution in [-0.4, -0.2) is 16.8 Å². The molecule has 3 rings (SSSR count). The summed E-state index contributed by atoms with van der Waals surface area (Å²) in [6.45, 7) is 2.05. The van der Waals surface area contributed by atoms with E-state index in [1.54, 1.807) is 6.92 Å². The highest BCUT2D eigenvalue weighted by atomic mass is 79.9. The minimum absolute atomic E-state index is 0.202. The summed E-state index contributed by atoms with van der Waals surface area (Å²) in [6, 6.07) is 5.33. The number of carbonyl (C=O) groups excluding carboxylic acids is 2. The van der Waals surface area contributed by atoms with Crippen molar-refractivity contribution < 1.29 is 9.59 Å². The number of hydrogen-bond acceptors (Lipinski definition) is 4. The predicted octanol–water partition coefficient (Wildman–Crippen LogP) is 3.54. The topological polar surface area (TPSA) is 49.4 Å². The Morgan fingerprint density at radius 2 is 2.20 bits per heavy atom. The maximum absolute atomic E-state index is 12.6. The Bertz CT molecular complexity index is 668. The number of nitrogens with one attached hydrogen (secondary N) is 1. The van der Waals surface area contributed by atoms with E-state index in [0.29, 0.717) is 6.54 Å². The number of thiophene rings is 2.